The molecule has 0 saturated carbocycles. The summed E-state index contributed by atoms with van der Waals surface area (Å²) in [5.41, 5.74) is -1.73. The number of nitrogens with one attached hydrogen (secondary N) is 1. The van der Waals surface area contributed by atoms with E-state index in [1.165, 1.54) is 61.5 Å². The van der Waals surface area contributed by atoms with Gasteiger partial charge in [-0.05, 0) is 67.1 Å². The van der Waals surface area contributed by atoms with Crippen LogP contribution in [0.5, 0.6) is 0 Å². The lowest BCUT2D eigenvalue weighted by Gasteiger charge is -2.19. The Balaban J connectivity index is 1.80. The van der Waals surface area contributed by atoms with Crippen LogP contribution in [-0.2, 0) is 33.7 Å². The lowest BCUT2D eigenvalue weighted by Crippen LogP contribution is -2.34. The molecule has 216 valence electrons. The summed E-state index contributed by atoms with van der Waals surface area (Å²) in [5, 5.41) is 11.6. The molecule has 1 aromatic heterocycles. The molecule has 1 N–H and O–H groups in total. The standard InChI is InChI=1S/C29H22F3N3O5S2/c1-18-26(41(38)23-10-6-19(16-33)7-11-23)15-25(27(36)34-17-20-8-12-24(13-9-20)42(2,39)40)28(37)35(18)22-5-3-4-21(14-22)29(30,31)32/h3-15H,17H2,1-2H3,(H,34,36). The molecule has 4 rings (SSSR count). The van der Waals surface area contributed by atoms with Gasteiger partial charge in [0.15, 0.2) is 19.6 Å². The molecule has 8 nitrogen and oxygen atoms in total. The van der Waals surface area contributed by atoms with Crippen LogP contribution in [0.1, 0.15) is 32.7 Å². The third kappa shape index (κ3) is 6.57. The van der Waals surface area contributed by atoms with E-state index in [0.717, 1.165) is 35.1 Å². The van der Waals surface area contributed by atoms with Crippen LogP contribution in [0, 0.1) is 18.3 Å². The first-order valence-electron chi connectivity index (χ1n) is 12.1. The number of rotatable bonds is 7. The van der Waals surface area contributed by atoms with E-state index in [1.54, 1.807) is 0 Å². The Morgan fingerprint density at radius 2 is 1.69 bits per heavy atom. The van der Waals surface area contributed by atoms with Crippen molar-refractivity contribution >= 4 is 26.9 Å². The zero-order valence-electron chi connectivity index (χ0n) is 22.1. The van der Waals surface area contributed by atoms with E-state index < -0.39 is 49.8 Å². The van der Waals surface area contributed by atoms with Crippen LogP contribution in [0.3, 0.4) is 0 Å². The lowest BCUT2D eigenvalue weighted by molar-refractivity contribution is -0.137. The Morgan fingerprint density at radius 3 is 2.26 bits per heavy atom. The van der Waals surface area contributed by atoms with E-state index in [-0.39, 0.29) is 32.6 Å². The Kier molecular flexibility index (Phi) is 8.63. The summed E-state index contributed by atoms with van der Waals surface area (Å²) in [4.78, 5) is 27.1. The second-order valence-electron chi connectivity index (χ2n) is 9.20. The molecule has 0 bridgehead atoms. The Labute approximate surface area is 242 Å². The summed E-state index contributed by atoms with van der Waals surface area (Å²) in [5.74, 6) is -0.883. The molecule has 0 saturated heterocycles. The van der Waals surface area contributed by atoms with Gasteiger partial charge < -0.3 is 9.87 Å². The lowest BCUT2D eigenvalue weighted by atomic mass is 10.1. The molecule has 1 heterocycles. The zero-order chi connectivity index (χ0) is 30.8. The van der Waals surface area contributed by atoms with Gasteiger partial charge in [-0.3, -0.25) is 14.2 Å². The SMILES string of the molecule is Cc1c([S+]([O-])c2ccc(C#N)cc2)cc(C(=O)NCc2ccc(S(C)(=O)=O)cc2)c(=O)n1-c1cccc(C(F)(F)F)c1. The van der Waals surface area contributed by atoms with Gasteiger partial charge in [0.1, 0.15) is 5.56 Å². The summed E-state index contributed by atoms with van der Waals surface area (Å²) in [7, 11) is -3.43. The highest BCUT2D eigenvalue weighted by molar-refractivity contribution is 7.91. The second-order valence-corrected chi connectivity index (χ2v) is 12.7. The van der Waals surface area contributed by atoms with Gasteiger partial charge in [0.05, 0.1) is 27.8 Å². The van der Waals surface area contributed by atoms with Crippen molar-refractivity contribution in [2.24, 2.45) is 0 Å². The van der Waals surface area contributed by atoms with Crippen molar-refractivity contribution in [3.8, 4) is 11.8 Å². The van der Waals surface area contributed by atoms with Crippen LogP contribution >= 0.6 is 0 Å². The van der Waals surface area contributed by atoms with Crippen LogP contribution in [0.4, 0.5) is 13.2 Å². The summed E-state index contributed by atoms with van der Waals surface area (Å²) >= 11 is -1.99. The number of hydrogen-bond donors (Lipinski definition) is 1. The van der Waals surface area contributed by atoms with Crippen molar-refractivity contribution in [1.82, 2.24) is 9.88 Å². The fraction of sp³-hybridized carbons (Fsp3) is 0.138. The number of aromatic nitrogens is 1. The van der Waals surface area contributed by atoms with Crippen LogP contribution in [0.25, 0.3) is 5.69 Å². The number of carbonyl (C=O) groups excluding carboxylic acids is 1. The van der Waals surface area contributed by atoms with E-state index in [2.05, 4.69) is 5.32 Å². The number of amides is 1. The maximum absolute atomic E-state index is 13.6. The predicted molar refractivity (Wildman–Crippen MR) is 148 cm³/mol. The molecule has 0 fully saturated rings. The largest absolute Gasteiger partial charge is 0.606 e. The molecule has 4 aromatic rings. The number of benzene rings is 3. The number of carbonyl (C=O) groups is 1. The molecule has 1 unspecified atom stereocenters. The first-order valence-corrected chi connectivity index (χ1v) is 15.2. The van der Waals surface area contributed by atoms with Gasteiger partial charge >= 0.3 is 6.18 Å². The molecule has 1 atom stereocenters. The third-order valence-corrected chi connectivity index (χ3v) is 8.92. The van der Waals surface area contributed by atoms with E-state index in [4.69, 9.17) is 5.26 Å². The molecule has 42 heavy (non-hydrogen) atoms. The van der Waals surface area contributed by atoms with Crippen LogP contribution in [0.2, 0.25) is 0 Å². The Morgan fingerprint density at radius 1 is 1.05 bits per heavy atom. The number of pyridine rings is 1. The first-order chi connectivity index (χ1) is 19.7. The monoisotopic (exact) mass is 613 g/mol. The van der Waals surface area contributed by atoms with Gasteiger partial charge in [0.25, 0.3) is 11.5 Å². The smallest absolute Gasteiger partial charge is 0.416 e. The van der Waals surface area contributed by atoms with Crippen molar-refractivity contribution in [2.45, 2.75) is 34.3 Å². The molecule has 0 aliphatic carbocycles. The first kappa shape index (κ1) is 30.6. The predicted octanol–water partition coefficient (Wildman–Crippen LogP) is 4.54. The summed E-state index contributed by atoms with van der Waals surface area (Å²) in [6, 6.07) is 18.5. The summed E-state index contributed by atoms with van der Waals surface area (Å²) < 4.78 is 78.3. The molecule has 0 spiro atoms. The van der Waals surface area contributed by atoms with Crippen LogP contribution in [0.15, 0.2) is 98.3 Å². The average molecular weight is 614 g/mol. The van der Waals surface area contributed by atoms with Gasteiger partial charge in [0, 0.05) is 35.7 Å². The number of nitriles is 1. The third-order valence-electron chi connectivity index (χ3n) is 6.28. The van der Waals surface area contributed by atoms with E-state index >= 15 is 0 Å². The molecule has 0 aliphatic rings. The minimum Gasteiger partial charge on any atom is -0.606 e. The number of hydrogen-bond acceptors (Lipinski definition) is 6. The van der Waals surface area contributed by atoms with Crippen molar-refractivity contribution < 1.29 is 30.9 Å². The molecule has 0 aliphatic heterocycles. The zero-order valence-corrected chi connectivity index (χ0v) is 23.7. The fourth-order valence-corrected chi connectivity index (χ4v) is 5.93. The van der Waals surface area contributed by atoms with Gasteiger partial charge in [-0.15, -0.1) is 0 Å². The number of nitrogens with zero attached hydrogens (tertiary/aromatic N) is 2. The van der Waals surface area contributed by atoms with Crippen LogP contribution in [-0.4, -0.2) is 29.7 Å². The minimum absolute atomic E-state index is 0.000579. The fourth-order valence-electron chi connectivity index (χ4n) is 4.07. The van der Waals surface area contributed by atoms with Crippen LogP contribution < -0.4 is 10.9 Å². The van der Waals surface area contributed by atoms with Crippen molar-refractivity contribution in [1.29, 1.82) is 5.26 Å². The molecular weight excluding hydrogens is 591 g/mol. The van der Waals surface area contributed by atoms with Gasteiger partial charge in [-0.1, -0.05) is 18.2 Å². The molecule has 0 radical (unpaired) electrons. The molecular formula is C29H22F3N3O5S2. The van der Waals surface area contributed by atoms with Gasteiger partial charge in [-0.2, -0.15) is 18.4 Å². The Bertz CT molecular complexity index is 1860. The average Bonchev–Trinajstić information content (AvgIpc) is 2.95. The van der Waals surface area contributed by atoms with Crippen molar-refractivity contribution in [3.63, 3.8) is 0 Å². The Hall–Kier alpha value is -4.38. The number of sulfone groups is 1. The van der Waals surface area contributed by atoms with Gasteiger partial charge in [0.2, 0.25) is 0 Å². The number of halogens is 3. The maximum atomic E-state index is 13.6. The maximum Gasteiger partial charge on any atom is 0.416 e. The normalized spacial score (nSPS) is 12.4. The highest BCUT2D eigenvalue weighted by atomic mass is 32.2. The minimum atomic E-state index is -4.71. The van der Waals surface area contributed by atoms with Gasteiger partial charge in [-0.25, -0.2) is 8.42 Å². The summed E-state index contributed by atoms with van der Waals surface area (Å²) in [6.45, 7) is 1.30. The highest BCUT2D eigenvalue weighted by Crippen LogP contribution is 2.31. The molecule has 1 amide bonds. The quantitative estimate of drug-likeness (QED) is 0.305. The molecule has 3 aromatic carbocycles. The van der Waals surface area contributed by atoms with E-state index in [1.807, 2.05) is 6.07 Å². The van der Waals surface area contributed by atoms with Crippen molar-refractivity contribution in [2.75, 3.05) is 6.26 Å². The summed E-state index contributed by atoms with van der Waals surface area (Å²) in [6.07, 6.45) is -3.65. The topological polar surface area (TPSA) is 132 Å². The van der Waals surface area contributed by atoms with Crippen molar-refractivity contribution in [3.05, 3.63) is 117 Å². The highest BCUT2D eigenvalue weighted by Gasteiger charge is 2.32. The van der Waals surface area contributed by atoms with E-state index in [0.29, 0.717) is 11.1 Å². The molecule has 13 heteroatoms. The number of alkyl halides is 3. The van der Waals surface area contributed by atoms with E-state index in [9.17, 15) is 35.7 Å². The second kappa shape index (κ2) is 11.8.